The average molecular weight is 817 g/mol. The predicted molar refractivity (Wildman–Crippen MR) is 216 cm³/mol. The molecule has 1 aliphatic heterocycles. The molecule has 1 aliphatic rings. The van der Waals surface area contributed by atoms with Gasteiger partial charge in [0, 0.05) is 19.5 Å². The second kappa shape index (κ2) is 23.8. The predicted octanol–water partition coefficient (Wildman–Crippen LogP) is -1.40. The second-order valence-corrected chi connectivity index (χ2v) is 15.7. The molecule has 1 heterocycles. The number of aliphatic hydroxyl groups is 1. The summed E-state index contributed by atoms with van der Waals surface area (Å²) in [5.74, 6) is -5.77. The average Bonchev–Trinajstić information content (AvgIpc) is 3.64. The molecule has 324 valence electrons. The van der Waals surface area contributed by atoms with Crippen LogP contribution in [0.15, 0.2) is 35.3 Å². The maximum Gasteiger partial charge on any atom is 0.326 e. The summed E-state index contributed by atoms with van der Waals surface area (Å²) in [5, 5.41) is 33.6. The van der Waals surface area contributed by atoms with Gasteiger partial charge in [-0.15, -0.1) is 0 Å². The Bertz CT molecular complexity index is 1580. The first-order chi connectivity index (χ1) is 27.2. The van der Waals surface area contributed by atoms with E-state index >= 15 is 0 Å². The summed E-state index contributed by atoms with van der Waals surface area (Å²) in [5.41, 5.74) is 17.2. The zero-order valence-electron chi connectivity index (χ0n) is 34.4. The summed E-state index contributed by atoms with van der Waals surface area (Å²) in [7, 11) is 0. The van der Waals surface area contributed by atoms with Crippen molar-refractivity contribution in [3.63, 3.8) is 0 Å². The van der Waals surface area contributed by atoms with Crippen molar-refractivity contribution in [1.29, 1.82) is 0 Å². The molecule has 8 atom stereocenters. The number of nitrogens with one attached hydrogen (secondary N) is 5. The quantitative estimate of drug-likeness (QED) is 0.0347. The monoisotopic (exact) mass is 816 g/mol. The molecule has 0 spiro atoms. The Kier molecular flexibility index (Phi) is 20.1. The molecule has 0 saturated carbocycles. The highest BCUT2D eigenvalue weighted by atomic mass is 16.4. The van der Waals surface area contributed by atoms with Crippen molar-refractivity contribution >= 4 is 47.4 Å². The molecule has 1 aromatic carbocycles. The highest BCUT2D eigenvalue weighted by molar-refractivity contribution is 5.97. The van der Waals surface area contributed by atoms with Crippen molar-refractivity contribution in [2.45, 2.75) is 135 Å². The number of carbonyl (C=O) groups excluding carboxylic acids is 6. The number of carboxylic acid groups (broad SMARTS) is 1. The van der Waals surface area contributed by atoms with Gasteiger partial charge in [-0.1, -0.05) is 58.0 Å². The Morgan fingerprint density at radius 3 is 1.81 bits per heavy atom. The third-order valence-corrected chi connectivity index (χ3v) is 9.45. The van der Waals surface area contributed by atoms with Crippen LogP contribution in [0.4, 0.5) is 0 Å². The standard InChI is InChI=1S/C39H64N10O9/c1-21(2)18-27(46-34(53)29(45-32(51)23(5)40)20-25-12-8-7-9-13-25)33(52)47-28(19-22(3)4)35(54)48-31(24(6)50)37(56)49-17-11-15-30(49)36(55)44-26(38(57)58)14-10-16-43-39(41)42/h7-9,12-13,21-24,26-31,50H,10-11,14-20,40H2,1-6H3,(H,44,55)(H,45,51)(H,46,53)(H,47,52)(H,48,54)(H,57,58)(H4,41,42,43)/t23-,24+,26-,27-,28-,29-,30-,31-/m0/s1. The lowest BCUT2D eigenvalue weighted by Gasteiger charge is -2.32. The summed E-state index contributed by atoms with van der Waals surface area (Å²) in [4.78, 5) is 98.2. The first-order valence-electron chi connectivity index (χ1n) is 19.8. The maximum absolute atomic E-state index is 13.9. The molecule has 0 unspecified atom stereocenters. The molecule has 58 heavy (non-hydrogen) atoms. The Morgan fingerprint density at radius 2 is 1.31 bits per heavy atom. The van der Waals surface area contributed by atoms with Crippen LogP contribution >= 0.6 is 0 Å². The second-order valence-electron chi connectivity index (χ2n) is 15.7. The number of guanidine groups is 1. The minimum absolute atomic E-state index is 0.0218. The van der Waals surface area contributed by atoms with Gasteiger partial charge < -0.3 is 58.9 Å². The van der Waals surface area contributed by atoms with E-state index in [4.69, 9.17) is 17.2 Å². The molecular weight excluding hydrogens is 752 g/mol. The van der Waals surface area contributed by atoms with E-state index in [0.29, 0.717) is 6.42 Å². The van der Waals surface area contributed by atoms with Crippen molar-refractivity contribution < 1.29 is 43.8 Å². The molecule has 0 bridgehead atoms. The summed E-state index contributed by atoms with van der Waals surface area (Å²) >= 11 is 0. The normalized spacial score (nSPS) is 17.5. The third kappa shape index (κ3) is 16.3. The summed E-state index contributed by atoms with van der Waals surface area (Å²) < 4.78 is 0. The molecule has 1 fully saturated rings. The minimum atomic E-state index is -1.53. The van der Waals surface area contributed by atoms with Crippen molar-refractivity contribution in [2.75, 3.05) is 13.1 Å². The van der Waals surface area contributed by atoms with Gasteiger partial charge in [-0.3, -0.25) is 33.8 Å². The number of benzene rings is 1. The number of amides is 6. The molecule has 0 aliphatic carbocycles. The van der Waals surface area contributed by atoms with Gasteiger partial charge in [0.05, 0.1) is 12.1 Å². The van der Waals surface area contributed by atoms with Gasteiger partial charge in [-0.05, 0) is 69.8 Å². The van der Waals surface area contributed by atoms with Crippen LogP contribution in [0, 0.1) is 11.8 Å². The van der Waals surface area contributed by atoms with Gasteiger partial charge >= 0.3 is 5.97 Å². The molecule has 0 aromatic heterocycles. The number of hydrogen-bond donors (Lipinski definition) is 10. The van der Waals surface area contributed by atoms with E-state index in [1.165, 1.54) is 18.7 Å². The summed E-state index contributed by atoms with van der Waals surface area (Å²) in [6, 6.07) is 0.815. The first kappa shape index (κ1) is 48.8. The van der Waals surface area contributed by atoms with Crippen LogP contribution in [0.25, 0.3) is 0 Å². The van der Waals surface area contributed by atoms with Gasteiger partial charge in [0.15, 0.2) is 5.96 Å². The molecular formula is C39H64N10O9. The van der Waals surface area contributed by atoms with Crippen LogP contribution in [-0.2, 0) is 40.0 Å². The topological polar surface area (TPSA) is 314 Å². The third-order valence-electron chi connectivity index (χ3n) is 9.45. The van der Waals surface area contributed by atoms with E-state index in [0.717, 1.165) is 5.56 Å². The summed E-state index contributed by atoms with van der Waals surface area (Å²) in [6.07, 6.45) is -0.104. The zero-order chi connectivity index (χ0) is 43.7. The van der Waals surface area contributed by atoms with Gasteiger partial charge in [-0.25, -0.2) is 4.79 Å². The molecule has 19 nitrogen and oxygen atoms in total. The largest absolute Gasteiger partial charge is 0.480 e. The molecule has 13 N–H and O–H groups in total. The van der Waals surface area contributed by atoms with Crippen LogP contribution in [0.1, 0.15) is 85.6 Å². The lowest BCUT2D eigenvalue weighted by Crippen LogP contribution is -2.61. The molecule has 2 rings (SSSR count). The first-order valence-corrected chi connectivity index (χ1v) is 19.8. The van der Waals surface area contributed by atoms with Gasteiger partial charge in [-0.2, -0.15) is 0 Å². The van der Waals surface area contributed by atoms with Crippen LogP contribution in [0.5, 0.6) is 0 Å². The number of aliphatic carboxylic acids is 1. The lowest BCUT2D eigenvalue weighted by atomic mass is 9.98. The van der Waals surface area contributed by atoms with Crippen LogP contribution < -0.4 is 43.8 Å². The van der Waals surface area contributed by atoms with E-state index in [2.05, 4.69) is 31.6 Å². The number of carbonyl (C=O) groups is 7. The number of likely N-dealkylation sites (tertiary alicyclic amines) is 1. The van der Waals surface area contributed by atoms with Crippen LogP contribution in [-0.4, -0.2) is 124 Å². The number of nitrogens with zero attached hydrogens (tertiary/aromatic N) is 2. The molecule has 0 radical (unpaired) electrons. The molecule has 19 heteroatoms. The molecule has 6 amide bonds. The van der Waals surface area contributed by atoms with E-state index in [9.17, 15) is 43.8 Å². The number of hydrogen-bond acceptors (Lipinski definition) is 10. The highest BCUT2D eigenvalue weighted by Gasteiger charge is 2.41. The molecule has 1 aromatic rings. The van der Waals surface area contributed by atoms with E-state index in [1.54, 1.807) is 24.3 Å². The Hall–Kier alpha value is -5.30. The van der Waals surface area contributed by atoms with Gasteiger partial charge in [0.25, 0.3) is 0 Å². The smallest absolute Gasteiger partial charge is 0.326 e. The van der Waals surface area contributed by atoms with E-state index < -0.39 is 89.8 Å². The van der Waals surface area contributed by atoms with Crippen molar-refractivity contribution in [3.05, 3.63) is 35.9 Å². The highest BCUT2D eigenvalue weighted by Crippen LogP contribution is 2.20. The SMILES string of the molecule is CC(C)C[C@H](NC(=O)[C@H](Cc1ccccc1)NC(=O)[C@H](C)N)C(=O)N[C@@H](CC(C)C)C(=O)N[C@H](C(=O)N1CCC[C@H]1C(=O)N[C@@H](CCCN=C(N)N)C(=O)O)[C@@H](C)O. The van der Waals surface area contributed by atoms with Crippen LogP contribution in [0.3, 0.4) is 0 Å². The van der Waals surface area contributed by atoms with Crippen molar-refractivity contribution in [1.82, 2.24) is 31.5 Å². The summed E-state index contributed by atoms with van der Waals surface area (Å²) in [6.45, 7) is 10.4. The van der Waals surface area contributed by atoms with E-state index in [-0.39, 0.29) is 69.4 Å². The number of rotatable bonds is 23. The number of aliphatic hydroxyl groups excluding tert-OH is 1. The number of nitrogens with two attached hydrogens (primary N) is 3. The maximum atomic E-state index is 13.9. The Labute approximate surface area is 340 Å². The fourth-order valence-corrected chi connectivity index (χ4v) is 6.47. The Morgan fingerprint density at radius 1 is 0.776 bits per heavy atom. The minimum Gasteiger partial charge on any atom is -0.480 e. The van der Waals surface area contributed by atoms with Gasteiger partial charge in [0.2, 0.25) is 35.4 Å². The zero-order valence-corrected chi connectivity index (χ0v) is 34.4. The number of aliphatic imine (C=N–C) groups is 1. The lowest BCUT2D eigenvalue weighted by molar-refractivity contribution is -0.146. The van der Waals surface area contributed by atoms with Gasteiger partial charge in [0.1, 0.15) is 36.3 Å². The fraction of sp³-hybridized carbons (Fsp3) is 0.641. The van der Waals surface area contributed by atoms with E-state index in [1.807, 2.05) is 33.8 Å². The number of carboxylic acids is 1. The van der Waals surface area contributed by atoms with Crippen molar-refractivity contribution in [2.24, 2.45) is 34.0 Å². The Balaban J connectivity index is 2.26. The van der Waals surface area contributed by atoms with Crippen LogP contribution in [0.2, 0.25) is 0 Å². The molecule has 1 saturated heterocycles. The fourth-order valence-electron chi connectivity index (χ4n) is 6.47. The van der Waals surface area contributed by atoms with Crippen molar-refractivity contribution in [3.8, 4) is 0 Å².